The molecule has 0 amide bonds. The van der Waals surface area contributed by atoms with E-state index >= 15 is 0 Å². The average molecular weight is 315 g/mol. The molecule has 0 aliphatic heterocycles. The quantitative estimate of drug-likeness (QED) is 0.690. The maximum atomic E-state index is 13.5. The van der Waals surface area contributed by atoms with E-state index in [1.54, 1.807) is 19.2 Å². The Bertz CT molecular complexity index is 413. The van der Waals surface area contributed by atoms with Crippen LogP contribution in [-0.4, -0.2) is 7.11 Å². The minimum Gasteiger partial charge on any atom is -0.496 e. The molecule has 18 heavy (non-hydrogen) atoms. The van der Waals surface area contributed by atoms with Crippen molar-refractivity contribution in [3.63, 3.8) is 0 Å². The van der Waals surface area contributed by atoms with Gasteiger partial charge in [-0.1, -0.05) is 35.7 Å². The zero-order valence-electron chi connectivity index (χ0n) is 11.0. The third-order valence-corrected chi connectivity index (χ3v) is 5.77. The van der Waals surface area contributed by atoms with Gasteiger partial charge in [0.15, 0.2) is 0 Å². The first-order valence-electron chi connectivity index (χ1n) is 6.60. The highest BCUT2D eigenvalue weighted by Gasteiger charge is 2.40. The molecule has 1 aliphatic carbocycles. The van der Waals surface area contributed by atoms with Crippen LogP contribution >= 0.6 is 15.9 Å². The third kappa shape index (κ3) is 2.42. The molecule has 0 bridgehead atoms. The first-order chi connectivity index (χ1) is 8.63. The van der Waals surface area contributed by atoms with Crippen molar-refractivity contribution in [2.45, 2.75) is 43.9 Å². The number of methoxy groups -OCH3 is 1. The van der Waals surface area contributed by atoms with Crippen LogP contribution in [0.4, 0.5) is 4.39 Å². The molecule has 1 aromatic carbocycles. The summed E-state index contributed by atoms with van der Waals surface area (Å²) >= 11 is 3.81. The second-order valence-electron chi connectivity index (χ2n) is 5.17. The van der Waals surface area contributed by atoms with Gasteiger partial charge in [-0.3, -0.25) is 0 Å². The highest BCUT2D eigenvalue weighted by molar-refractivity contribution is 9.09. The summed E-state index contributed by atoms with van der Waals surface area (Å²) in [4.78, 5) is 0.170. The Kier molecular flexibility index (Phi) is 4.31. The molecule has 1 nitrogen and oxygen atoms in total. The second-order valence-corrected chi connectivity index (χ2v) is 6.09. The van der Waals surface area contributed by atoms with E-state index in [1.807, 2.05) is 0 Å². The highest BCUT2D eigenvalue weighted by Crippen LogP contribution is 2.55. The van der Waals surface area contributed by atoms with Crippen molar-refractivity contribution in [1.82, 2.24) is 0 Å². The Morgan fingerprint density at radius 3 is 2.61 bits per heavy atom. The molecule has 2 rings (SSSR count). The molecular weight excluding hydrogens is 295 g/mol. The SMILES string of the molecule is CCC1(C(Br)c2cc(F)ccc2OC)CCCC1. The molecule has 0 heterocycles. The largest absolute Gasteiger partial charge is 0.496 e. The lowest BCUT2D eigenvalue weighted by molar-refractivity contribution is 0.274. The molecule has 1 unspecified atom stereocenters. The van der Waals surface area contributed by atoms with E-state index in [9.17, 15) is 4.39 Å². The van der Waals surface area contributed by atoms with Gasteiger partial charge in [-0.15, -0.1) is 0 Å². The lowest BCUT2D eigenvalue weighted by Gasteiger charge is -2.34. The van der Waals surface area contributed by atoms with Gasteiger partial charge < -0.3 is 4.74 Å². The maximum Gasteiger partial charge on any atom is 0.123 e. The number of rotatable bonds is 4. The maximum absolute atomic E-state index is 13.5. The van der Waals surface area contributed by atoms with E-state index in [1.165, 1.54) is 31.7 Å². The number of hydrogen-bond donors (Lipinski definition) is 0. The van der Waals surface area contributed by atoms with Gasteiger partial charge in [0.2, 0.25) is 0 Å². The molecule has 3 heteroatoms. The normalized spacial score (nSPS) is 19.8. The standard InChI is InChI=1S/C15H20BrFO/c1-3-15(8-4-5-9-15)14(16)12-10-11(17)6-7-13(12)18-2/h6-7,10,14H,3-5,8-9H2,1-2H3. The molecule has 0 saturated heterocycles. The van der Waals surface area contributed by atoms with Crippen molar-refractivity contribution in [3.8, 4) is 5.75 Å². The van der Waals surface area contributed by atoms with Gasteiger partial charge in [0.1, 0.15) is 11.6 Å². The Balaban J connectivity index is 2.37. The summed E-state index contributed by atoms with van der Waals surface area (Å²) in [7, 11) is 1.64. The average Bonchev–Trinajstić information content (AvgIpc) is 2.87. The van der Waals surface area contributed by atoms with Crippen molar-refractivity contribution in [1.29, 1.82) is 0 Å². The van der Waals surface area contributed by atoms with Gasteiger partial charge in [-0.05, 0) is 42.9 Å². The Labute approximate surface area is 117 Å². The first kappa shape index (κ1) is 13.9. The fourth-order valence-corrected chi connectivity index (χ4v) is 4.24. The molecule has 0 spiro atoms. The van der Waals surface area contributed by atoms with E-state index < -0.39 is 0 Å². The Hall–Kier alpha value is -0.570. The van der Waals surface area contributed by atoms with Crippen LogP contribution in [0.25, 0.3) is 0 Å². The van der Waals surface area contributed by atoms with E-state index in [4.69, 9.17) is 4.74 Å². The molecule has 1 aliphatic rings. The molecule has 100 valence electrons. The van der Waals surface area contributed by atoms with Crippen LogP contribution in [0.2, 0.25) is 0 Å². The van der Waals surface area contributed by atoms with Crippen LogP contribution in [-0.2, 0) is 0 Å². The number of hydrogen-bond acceptors (Lipinski definition) is 1. The topological polar surface area (TPSA) is 9.23 Å². The van der Waals surface area contributed by atoms with Gasteiger partial charge in [-0.2, -0.15) is 0 Å². The number of halogens is 2. The fourth-order valence-electron chi connectivity index (χ4n) is 3.10. The summed E-state index contributed by atoms with van der Waals surface area (Å²) in [6, 6.07) is 4.78. The van der Waals surface area contributed by atoms with Crippen molar-refractivity contribution >= 4 is 15.9 Å². The monoisotopic (exact) mass is 314 g/mol. The Morgan fingerprint density at radius 2 is 2.06 bits per heavy atom. The van der Waals surface area contributed by atoms with Gasteiger partial charge in [0.25, 0.3) is 0 Å². The zero-order chi connectivity index (χ0) is 13.2. The van der Waals surface area contributed by atoms with Gasteiger partial charge in [0.05, 0.1) is 7.11 Å². The molecular formula is C15H20BrFO. The summed E-state index contributed by atoms with van der Waals surface area (Å²) in [5.74, 6) is 0.581. The van der Waals surface area contributed by atoms with Gasteiger partial charge >= 0.3 is 0 Å². The summed E-state index contributed by atoms with van der Waals surface area (Å²) < 4.78 is 18.9. The molecule has 1 fully saturated rings. The van der Waals surface area contributed by atoms with Crippen molar-refractivity contribution in [3.05, 3.63) is 29.6 Å². The highest BCUT2D eigenvalue weighted by atomic mass is 79.9. The summed E-state index contributed by atoms with van der Waals surface area (Å²) in [6.45, 7) is 2.23. The lowest BCUT2D eigenvalue weighted by Crippen LogP contribution is -2.21. The number of ether oxygens (including phenoxy) is 1. The second kappa shape index (κ2) is 5.60. The van der Waals surface area contributed by atoms with Crippen molar-refractivity contribution in [2.75, 3.05) is 7.11 Å². The van der Waals surface area contributed by atoms with Crippen LogP contribution in [0.15, 0.2) is 18.2 Å². The molecule has 0 aromatic heterocycles. The fraction of sp³-hybridized carbons (Fsp3) is 0.600. The van der Waals surface area contributed by atoms with E-state index in [2.05, 4.69) is 22.9 Å². The minimum atomic E-state index is -0.195. The predicted molar refractivity (Wildman–Crippen MR) is 75.8 cm³/mol. The van der Waals surface area contributed by atoms with Crippen LogP contribution in [0.5, 0.6) is 5.75 Å². The third-order valence-electron chi connectivity index (χ3n) is 4.31. The van der Waals surface area contributed by atoms with Gasteiger partial charge in [-0.25, -0.2) is 4.39 Å². The molecule has 0 N–H and O–H groups in total. The molecule has 1 saturated carbocycles. The summed E-state index contributed by atoms with van der Waals surface area (Å²) in [5.41, 5.74) is 1.20. The van der Waals surface area contributed by atoms with Crippen LogP contribution < -0.4 is 4.74 Å². The number of benzene rings is 1. The van der Waals surface area contributed by atoms with Crippen LogP contribution in [0, 0.1) is 11.2 Å². The van der Waals surface area contributed by atoms with Crippen molar-refractivity contribution < 1.29 is 9.13 Å². The summed E-state index contributed by atoms with van der Waals surface area (Å²) in [6.07, 6.45) is 6.07. The summed E-state index contributed by atoms with van der Waals surface area (Å²) in [5, 5.41) is 0. The van der Waals surface area contributed by atoms with Gasteiger partial charge in [0, 0.05) is 10.4 Å². The van der Waals surface area contributed by atoms with Crippen molar-refractivity contribution in [2.24, 2.45) is 5.41 Å². The van der Waals surface area contributed by atoms with E-state index in [0.717, 1.165) is 17.7 Å². The smallest absolute Gasteiger partial charge is 0.123 e. The minimum absolute atomic E-state index is 0.170. The van der Waals surface area contributed by atoms with E-state index in [-0.39, 0.29) is 16.1 Å². The van der Waals surface area contributed by atoms with Crippen LogP contribution in [0.1, 0.15) is 49.4 Å². The Morgan fingerprint density at radius 1 is 1.39 bits per heavy atom. The predicted octanol–water partition coefficient (Wildman–Crippen LogP) is 5.24. The first-order valence-corrected chi connectivity index (χ1v) is 7.52. The van der Waals surface area contributed by atoms with E-state index in [0.29, 0.717) is 0 Å². The molecule has 1 aromatic rings. The van der Waals surface area contributed by atoms with Crippen LogP contribution in [0.3, 0.4) is 0 Å². The number of alkyl halides is 1. The lowest BCUT2D eigenvalue weighted by atomic mass is 9.77. The molecule has 1 atom stereocenters. The molecule has 0 radical (unpaired) electrons. The zero-order valence-corrected chi connectivity index (χ0v) is 12.6.